The zero-order valence-electron chi connectivity index (χ0n) is 11.9. The highest BCUT2D eigenvalue weighted by molar-refractivity contribution is 7.13. The van der Waals surface area contributed by atoms with E-state index in [9.17, 15) is 9.59 Å². The van der Waals surface area contributed by atoms with E-state index in [1.54, 1.807) is 0 Å². The van der Waals surface area contributed by atoms with Gasteiger partial charge in [0.25, 0.3) is 0 Å². The highest BCUT2D eigenvalue weighted by Crippen LogP contribution is 2.26. The average molecular weight is 301 g/mol. The Hall–Kier alpha value is -1.67. The third-order valence-corrected chi connectivity index (χ3v) is 3.19. The van der Waals surface area contributed by atoms with Crippen molar-refractivity contribution in [1.82, 2.24) is 10.3 Å². The van der Waals surface area contributed by atoms with E-state index in [1.165, 1.54) is 18.4 Å². The molecule has 1 atom stereocenters. The van der Waals surface area contributed by atoms with Crippen LogP contribution >= 0.6 is 11.3 Å². The van der Waals surface area contributed by atoms with Crippen molar-refractivity contribution in [2.45, 2.75) is 32.2 Å². The number of aliphatic carboxylic acids is 1. The van der Waals surface area contributed by atoms with Crippen LogP contribution in [0.3, 0.4) is 0 Å². The standard InChI is InChI=1S/C12H19N3O4S/c1-12(2,3)8-6-20-11(14-8)15-10(18)13-7(5-19-4)9(16)17/h6-7H,5H2,1-4H3,(H,16,17)(H2,13,14,15,18). The Kier molecular flexibility index (Phi) is 5.46. The van der Waals surface area contributed by atoms with Crippen LogP contribution < -0.4 is 10.6 Å². The summed E-state index contributed by atoms with van der Waals surface area (Å²) < 4.78 is 4.73. The second-order valence-corrected chi connectivity index (χ2v) is 6.09. The Morgan fingerprint density at radius 1 is 1.50 bits per heavy atom. The van der Waals surface area contributed by atoms with Crippen LogP contribution in [0.25, 0.3) is 0 Å². The Labute approximate surface area is 121 Å². The predicted octanol–water partition coefficient (Wildman–Crippen LogP) is 1.66. The summed E-state index contributed by atoms with van der Waals surface area (Å²) in [4.78, 5) is 26.9. The van der Waals surface area contributed by atoms with Crippen molar-refractivity contribution in [1.29, 1.82) is 0 Å². The van der Waals surface area contributed by atoms with Crippen LogP contribution in [0.5, 0.6) is 0 Å². The van der Waals surface area contributed by atoms with Gasteiger partial charge >= 0.3 is 12.0 Å². The van der Waals surface area contributed by atoms with Crippen LogP contribution in [0.15, 0.2) is 5.38 Å². The maximum Gasteiger partial charge on any atom is 0.328 e. The summed E-state index contributed by atoms with van der Waals surface area (Å²) in [5, 5.41) is 16.0. The second kappa shape index (κ2) is 6.67. The van der Waals surface area contributed by atoms with E-state index < -0.39 is 18.0 Å². The monoisotopic (exact) mass is 301 g/mol. The minimum atomic E-state index is -1.16. The van der Waals surface area contributed by atoms with Crippen molar-refractivity contribution in [2.75, 3.05) is 19.0 Å². The summed E-state index contributed by atoms with van der Waals surface area (Å²) in [6, 6.07) is -1.72. The van der Waals surface area contributed by atoms with Crippen molar-refractivity contribution in [3.05, 3.63) is 11.1 Å². The molecule has 1 aromatic heterocycles. The minimum Gasteiger partial charge on any atom is -0.480 e. The Morgan fingerprint density at radius 2 is 2.15 bits per heavy atom. The first kappa shape index (κ1) is 16.4. The summed E-state index contributed by atoms with van der Waals surface area (Å²) >= 11 is 1.29. The number of rotatable bonds is 5. The molecule has 0 saturated carbocycles. The van der Waals surface area contributed by atoms with E-state index in [0.717, 1.165) is 5.69 Å². The highest BCUT2D eigenvalue weighted by Gasteiger charge is 2.21. The van der Waals surface area contributed by atoms with E-state index >= 15 is 0 Å². The number of hydrogen-bond acceptors (Lipinski definition) is 5. The number of carbonyl (C=O) groups excluding carboxylic acids is 1. The molecule has 0 aliphatic rings. The summed E-state index contributed by atoms with van der Waals surface area (Å²) in [6.45, 7) is 5.95. The third-order valence-electron chi connectivity index (χ3n) is 2.43. The van der Waals surface area contributed by atoms with Crippen molar-refractivity contribution < 1.29 is 19.4 Å². The molecule has 0 saturated heterocycles. The summed E-state index contributed by atoms with van der Waals surface area (Å²) in [6.07, 6.45) is 0. The molecule has 8 heteroatoms. The van der Waals surface area contributed by atoms with E-state index in [-0.39, 0.29) is 12.0 Å². The van der Waals surface area contributed by atoms with Crippen LogP contribution in [-0.2, 0) is 14.9 Å². The van der Waals surface area contributed by atoms with Gasteiger partial charge in [0.2, 0.25) is 0 Å². The molecule has 7 nitrogen and oxygen atoms in total. The summed E-state index contributed by atoms with van der Waals surface area (Å²) in [5.74, 6) is -1.16. The Bertz CT molecular complexity index is 481. The molecular formula is C12H19N3O4S. The predicted molar refractivity (Wildman–Crippen MR) is 76.3 cm³/mol. The summed E-state index contributed by atoms with van der Waals surface area (Å²) in [7, 11) is 1.37. The first-order valence-corrected chi connectivity index (χ1v) is 6.87. The van der Waals surface area contributed by atoms with Gasteiger partial charge in [0.05, 0.1) is 12.3 Å². The second-order valence-electron chi connectivity index (χ2n) is 5.23. The molecule has 0 aromatic carbocycles. The molecule has 1 heterocycles. The van der Waals surface area contributed by atoms with Gasteiger partial charge in [0, 0.05) is 17.9 Å². The number of carboxylic acids is 1. The number of aromatic nitrogens is 1. The minimum absolute atomic E-state index is 0.103. The first-order chi connectivity index (χ1) is 9.24. The topological polar surface area (TPSA) is 101 Å². The lowest BCUT2D eigenvalue weighted by Gasteiger charge is -2.14. The Morgan fingerprint density at radius 3 is 2.60 bits per heavy atom. The number of thiazole rings is 1. The number of nitrogens with zero attached hydrogens (tertiary/aromatic N) is 1. The van der Waals surface area contributed by atoms with E-state index in [2.05, 4.69) is 15.6 Å². The van der Waals surface area contributed by atoms with Crippen molar-refractivity contribution in [3.63, 3.8) is 0 Å². The van der Waals surface area contributed by atoms with Gasteiger partial charge in [-0.15, -0.1) is 11.3 Å². The SMILES string of the molecule is COCC(NC(=O)Nc1nc(C(C)(C)C)cs1)C(=O)O. The number of urea groups is 1. The molecule has 0 aliphatic heterocycles. The van der Waals surface area contributed by atoms with Crippen molar-refractivity contribution in [3.8, 4) is 0 Å². The van der Waals surface area contributed by atoms with Gasteiger partial charge in [0.15, 0.2) is 11.2 Å². The van der Waals surface area contributed by atoms with Gasteiger partial charge in [0.1, 0.15) is 0 Å². The number of carboxylic acid groups (broad SMARTS) is 1. The largest absolute Gasteiger partial charge is 0.480 e. The maximum absolute atomic E-state index is 11.7. The lowest BCUT2D eigenvalue weighted by molar-refractivity contribution is -0.140. The van der Waals surface area contributed by atoms with E-state index in [0.29, 0.717) is 5.13 Å². The number of ether oxygens (including phenoxy) is 1. The number of methoxy groups -OCH3 is 1. The number of hydrogen-bond donors (Lipinski definition) is 3. The Balaban J connectivity index is 2.62. The number of anilines is 1. The molecule has 20 heavy (non-hydrogen) atoms. The van der Waals surface area contributed by atoms with Crippen LogP contribution in [0, 0.1) is 0 Å². The van der Waals surface area contributed by atoms with Crippen molar-refractivity contribution >= 4 is 28.5 Å². The van der Waals surface area contributed by atoms with Crippen LogP contribution in [-0.4, -0.2) is 41.8 Å². The normalized spacial score (nSPS) is 12.8. The molecule has 112 valence electrons. The maximum atomic E-state index is 11.7. The fourth-order valence-electron chi connectivity index (χ4n) is 1.31. The lowest BCUT2D eigenvalue weighted by Crippen LogP contribution is -2.45. The smallest absolute Gasteiger partial charge is 0.328 e. The molecule has 0 spiro atoms. The molecule has 0 bridgehead atoms. The molecule has 0 radical (unpaired) electrons. The zero-order chi connectivity index (χ0) is 15.3. The number of amides is 2. The molecule has 0 fully saturated rings. The third kappa shape index (κ3) is 4.78. The van der Waals surface area contributed by atoms with Gasteiger partial charge < -0.3 is 15.2 Å². The van der Waals surface area contributed by atoms with Gasteiger partial charge in [-0.3, -0.25) is 5.32 Å². The van der Waals surface area contributed by atoms with Crippen molar-refractivity contribution in [2.24, 2.45) is 0 Å². The highest BCUT2D eigenvalue weighted by atomic mass is 32.1. The van der Waals surface area contributed by atoms with E-state index in [4.69, 9.17) is 9.84 Å². The first-order valence-electron chi connectivity index (χ1n) is 5.99. The van der Waals surface area contributed by atoms with Crippen LogP contribution in [0.1, 0.15) is 26.5 Å². The lowest BCUT2D eigenvalue weighted by atomic mass is 9.93. The van der Waals surface area contributed by atoms with Crippen LogP contribution in [0.2, 0.25) is 0 Å². The van der Waals surface area contributed by atoms with E-state index in [1.807, 2.05) is 26.2 Å². The zero-order valence-corrected chi connectivity index (χ0v) is 12.7. The van der Waals surface area contributed by atoms with Crippen LogP contribution in [0.4, 0.5) is 9.93 Å². The van der Waals surface area contributed by atoms with Gasteiger partial charge in [-0.2, -0.15) is 0 Å². The van der Waals surface area contributed by atoms with Gasteiger partial charge in [-0.1, -0.05) is 20.8 Å². The molecule has 2 amide bonds. The fourth-order valence-corrected chi connectivity index (χ4v) is 2.24. The molecule has 1 aromatic rings. The molecule has 3 N–H and O–H groups in total. The number of nitrogens with one attached hydrogen (secondary N) is 2. The fraction of sp³-hybridized carbons (Fsp3) is 0.583. The molecule has 1 unspecified atom stereocenters. The number of carbonyl (C=O) groups is 2. The molecule has 1 rings (SSSR count). The van der Waals surface area contributed by atoms with Gasteiger partial charge in [-0.25, -0.2) is 14.6 Å². The molecular weight excluding hydrogens is 282 g/mol. The average Bonchev–Trinajstić information content (AvgIpc) is 2.76. The van der Waals surface area contributed by atoms with Gasteiger partial charge in [-0.05, 0) is 0 Å². The quantitative estimate of drug-likeness (QED) is 0.768. The summed E-state index contributed by atoms with van der Waals surface area (Å²) in [5.41, 5.74) is 0.761. The molecule has 0 aliphatic carbocycles.